The van der Waals surface area contributed by atoms with Crippen LogP contribution in [0, 0.1) is 15.9 Å². The van der Waals surface area contributed by atoms with Crippen LogP contribution in [-0.4, -0.2) is 41.1 Å². The molecule has 1 fully saturated rings. The molecule has 0 unspecified atom stereocenters. The minimum absolute atomic E-state index is 0.139. The highest BCUT2D eigenvalue weighted by atomic mass is 32.1. The first-order valence-corrected chi connectivity index (χ1v) is 10.6. The van der Waals surface area contributed by atoms with E-state index in [0.717, 1.165) is 16.9 Å². The number of non-ortho nitro benzene ring substituents is 1. The third kappa shape index (κ3) is 5.10. The zero-order chi connectivity index (χ0) is 23.8. The lowest BCUT2D eigenvalue weighted by Gasteiger charge is -2.35. The average molecular weight is 483 g/mol. The van der Waals surface area contributed by atoms with Gasteiger partial charge in [-0.2, -0.15) is 18.2 Å². The van der Waals surface area contributed by atoms with Crippen molar-refractivity contribution in [3.05, 3.63) is 73.8 Å². The van der Waals surface area contributed by atoms with Gasteiger partial charge in [-0.15, -0.1) is 0 Å². The molecule has 4 rings (SSSR count). The van der Waals surface area contributed by atoms with E-state index in [2.05, 4.69) is 10.4 Å². The monoisotopic (exact) mass is 483 g/mol. The summed E-state index contributed by atoms with van der Waals surface area (Å²) in [7, 11) is 0. The predicted molar refractivity (Wildman–Crippen MR) is 115 cm³/mol. The number of hydrazine groups is 1. The second-order valence-corrected chi connectivity index (χ2v) is 8.34. The molecule has 1 N–H and O–H groups in total. The Labute approximate surface area is 188 Å². The van der Waals surface area contributed by atoms with Gasteiger partial charge in [-0.1, -0.05) is 23.5 Å². The summed E-state index contributed by atoms with van der Waals surface area (Å²) in [6.07, 6.45) is -4.83. The molecule has 0 amide bonds. The summed E-state index contributed by atoms with van der Waals surface area (Å²) in [6, 6.07) is 7.14. The Morgan fingerprint density at radius 3 is 2.39 bits per heavy atom. The van der Waals surface area contributed by atoms with Crippen molar-refractivity contribution >= 4 is 32.2 Å². The van der Waals surface area contributed by atoms with Gasteiger partial charge in [0.2, 0.25) is 0 Å². The first-order valence-electron chi connectivity index (χ1n) is 9.80. The predicted octanol–water partition coefficient (Wildman–Crippen LogP) is 3.55. The van der Waals surface area contributed by atoms with Crippen molar-refractivity contribution in [1.82, 2.24) is 15.4 Å². The summed E-state index contributed by atoms with van der Waals surface area (Å²) in [5.74, 6) is -0.316. The van der Waals surface area contributed by atoms with E-state index >= 15 is 0 Å². The summed E-state index contributed by atoms with van der Waals surface area (Å²) in [6.45, 7) is 2.46. The lowest BCUT2D eigenvalue weighted by atomic mass is 10.1. The smallest absolute Gasteiger partial charge is 0.345 e. The zero-order valence-electron chi connectivity index (χ0n) is 16.9. The van der Waals surface area contributed by atoms with Gasteiger partial charge in [0.05, 0.1) is 15.9 Å². The molecule has 3 aromatic rings. The summed E-state index contributed by atoms with van der Waals surface area (Å²) < 4.78 is 52.2. The summed E-state index contributed by atoms with van der Waals surface area (Å²) >= 11 is 0.826. The fourth-order valence-electron chi connectivity index (χ4n) is 3.44. The number of halogens is 4. The molecule has 174 valence electrons. The molecule has 0 bridgehead atoms. The number of hydrogen-bond donors (Lipinski definition) is 1. The molecule has 33 heavy (non-hydrogen) atoms. The molecule has 0 aliphatic carbocycles. The van der Waals surface area contributed by atoms with Crippen molar-refractivity contribution in [3.63, 3.8) is 0 Å². The molecule has 1 saturated heterocycles. The molecule has 1 aliphatic heterocycles. The molecule has 0 spiro atoms. The number of nitro benzene ring substituents is 1. The van der Waals surface area contributed by atoms with Crippen molar-refractivity contribution < 1.29 is 22.5 Å². The first kappa shape index (κ1) is 23.0. The Bertz CT molecular complexity index is 1240. The molecule has 1 aliphatic rings. The van der Waals surface area contributed by atoms with Crippen LogP contribution in [-0.2, 0) is 12.7 Å². The average Bonchev–Trinajstić information content (AvgIpc) is 2.77. The van der Waals surface area contributed by atoms with Crippen molar-refractivity contribution in [1.29, 1.82) is 0 Å². The highest BCUT2D eigenvalue weighted by Gasteiger charge is 2.34. The standard InChI is InChI=1S/C20H17F4N5O3S/c21-14-3-1-12(2-4-14)11-25-28-7-5-27(6-8-28)19-26-18(30)15-9-13(20(22,23)24)10-16(29(31)32)17(15)33-19/h1-4,9-10,25H,5-8,11H2. The molecule has 1 aromatic heterocycles. The van der Waals surface area contributed by atoms with Gasteiger partial charge in [-0.05, 0) is 23.8 Å². The van der Waals surface area contributed by atoms with E-state index in [1.165, 1.54) is 12.1 Å². The SMILES string of the molecule is O=c1nc(N2CCN(NCc3ccc(F)cc3)CC2)sc2c([N+](=O)[O-])cc(C(F)(F)F)cc12. The minimum atomic E-state index is -4.83. The molecule has 8 nitrogen and oxygen atoms in total. The van der Waals surface area contributed by atoms with E-state index in [-0.39, 0.29) is 15.6 Å². The van der Waals surface area contributed by atoms with Crippen LogP contribution < -0.4 is 15.9 Å². The van der Waals surface area contributed by atoms with Gasteiger partial charge >= 0.3 is 6.18 Å². The maximum Gasteiger partial charge on any atom is 0.416 e. The number of piperazine rings is 1. The number of rotatable bonds is 5. The number of fused-ring (bicyclic) bond motifs is 1. The Morgan fingerprint density at radius 2 is 1.79 bits per heavy atom. The number of nitrogens with one attached hydrogen (secondary N) is 1. The van der Waals surface area contributed by atoms with Crippen LogP contribution in [0.1, 0.15) is 11.1 Å². The Kier molecular flexibility index (Phi) is 6.28. The largest absolute Gasteiger partial charge is 0.416 e. The van der Waals surface area contributed by atoms with Crippen molar-refractivity contribution in [2.24, 2.45) is 0 Å². The van der Waals surface area contributed by atoms with E-state index < -0.39 is 33.3 Å². The van der Waals surface area contributed by atoms with Gasteiger partial charge in [0, 0.05) is 38.8 Å². The highest BCUT2D eigenvalue weighted by molar-refractivity contribution is 7.22. The number of anilines is 1. The highest BCUT2D eigenvalue weighted by Crippen LogP contribution is 2.38. The second-order valence-electron chi connectivity index (χ2n) is 7.36. The van der Waals surface area contributed by atoms with Crippen LogP contribution in [0.25, 0.3) is 10.1 Å². The minimum Gasteiger partial charge on any atom is -0.345 e. The Morgan fingerprint density at radius 1 is 1.12 bits per heavy atom. The van der Waals surface area contributed by atoms with E-state index in [1.54, 1.807) is 17.0 Å². The number of hydrogen-bond acceptors (Lipinski definition) is 8. The van der Waals surface area contributed by atoms with Gasteiger partial charge in [-0.25, -0.2) is 9.40 Å². The number of aromatic nitrogens is 1. The lowest BCUT2D eigenvalue weighted by Crippen LogP contribution is -2.52. The second kappa shape index (κ2) is 9.00. The van der Waals surface area contributed by atoms with E-state index in [0.29, 0.717) is 44.9 Å². The fourth-order valence-corrected chi connectivity index (χ4v) is 4.55. The summed E-state index contributed by atoms with van der Waals surface area (Å²) in [5.41, 5.74) is 1.15. The van der Waals surface area contributed by atoms with Crippen LogP contribution in [0.4, 0.5) is 28.4 Å². The molecule has 0 atom stereocenters. The number of nitro groups is 1. The normalized spacial score (nSPS) is 15.2. The molecular formula is C20H17F4N5O3S. The van der Waals surface area contributed by atoms with Gasteiger partial charge < -0.3 is 4.90 Å². The molecule has 0 saturated carbocycles. The summed E-state index contributed by atoms with van der Waals surface area (Å²) in [4.78, 5) is 28.6. The Hall–Kier alpha value is -3.16. The molecule has 2 aromatic carbocycles. The zero-order valence-corrected chi connectivity index (χ0v) is 17.7. The van der Waals surface area contributed by atoms with Gasteiger partial charge in [-0.3, -0.25) is 20.3 Å². The molecule has 2 heterocycles. The number of benzene rings is 2. The van der Waals surface area contributed by atoms with Gasteiger partial charge in [0.15, 0.2) is 5.13 Å². The summed E-state index contributed by atoms with van der Waals surface area (Å²) in [5, 5.41) is 13.2. The van der Waals surface area contributed by atoms with Crippen molar-refractivity contribution in [3.8, 4) is 0 Å². The van der Waals surface area contributed by atoms with Crippen LogP contribution >= 0.6 is 11.3 Å². The third-order valence-corrected chi connectivity index (χ3v) is 6.35. The van der Waals surface area contributed by atoms with Crippen LogP contribution in [0.15, 0.2) is 41.2 Å². The molecule has 0 radical (unpaired) electrons. The third-order valence-electron chi connectivity index (χ3n) is 5.18. The van der Waals surface area contributed by atoms with E-state index in [9.17, 15) is 32.5 Å². The number of nitrogens with zero attached hydrogens (tertiary/aromatic N) is 4. The van der Waals surface area contributed by atoms with Gasteiger partial charge in [0.25, 0.3) is 11.2 Å². The van der Waals surface area contributed by atoms with Crippen LogP contribution in [0.5, 0.6) is 0 Å². The maximum atomic E-state index is 13.1. The van der Waals surface area contributed by atoms with E-state index in [1.807, 2.05) is 5.01 Å². The topological polar surface area (TPSA) is 91.6 Å². The van der Waals surface area contributed by atoms with E-state index in [4.69, 9.17) is 0 Å². The van der Waals surface area contributed by atoms with Crippen molar-refractivity contribution in [2.45, 2.75) is 12.7 Å². The quantitative estimate of drug-likeness (QED) is 0.337. The maximum absolute atomic E-state index is 13.1. The molecule has 13 heteroatoms. The van der Waals surface area contributed by atoms with Crippen LogP contribution in [0.2, 0.25) is 0 Å². The molecular weight excluding hydrogens is 466 g/mol. The first-order chi connectivity index (χ1) is 15.6. The van der Waals surface area contributed by atoms with Gasteiger partial charge in [0.1, 0.15) is 10.5 Å². The van der Waals surface area contributed by atoms with Crippen molar-refractivity contribution in [2.75, 3.05) is 31.1 Å². The lowest BCUT2D eigenvalue weighted by molar-refractivity contribution is -0.383. The number of alkyl halides is 3. The fraction of sp³-hybridized carbons (Fsp3) is 0.300. The van der Waals surface area contributed by atoms with Crippen LogP contribution in [0.3, 0.4) is 0 Å². The Balaban J connectivity index is 1.52.